The number of pyridine rings is 1. The number of hydrogen-bond donors (Lipinski definition) is 0. The summed E-state index contributed by atoms with van der Waals surface area (Å²) in [6.45, 7) is 20.2. The average molecular weight is 356 g/mol. The number of nitrogens with zero attached hydrogens (tertiary/aromatic N) is 3. The van der Waals surface area contributed by atoms with Gasteiger partial charge in [-0.15, -0.1) is 0 Å². The summed E-state index contributed by atoms with van der Waals surface area (Å²) in [4.78, 5) is 4.72. The molecule has 0 spiro atoms. The zero-order valence-electron chi connectivity index (χ0n) is 18.2. The van der Waals surface area contributed by atoms with E-state index in [9.17, 15) is 0 Å². The molecule has 0 aliphatic rings. The van der Waals surface area contributed by atoms with Crippen molar-refractivity contribution in [3.05, 3.63) is 47.5 Å². The zero-order chi connectivity index (χ0) is 19.8. The molecule has 26 heavy (non-hydrogen) atoms. The lowest BCUT2D eigenvalue weighted by atomic mass is 9.78. The van der Waals surface area contributed by atoms with E-state index in [1.54, 1.807) is 0 Å². The quantitative estimate of drug-likeness (QED) is 0.618. The molecule has 0 radical (unpaired) electrons. The Hall–Kier alpha value is -1.64. The lowest BCUT2D eigenvalue weighted by molar-refractivity contribution is 0.260. The molecule has 0 N–H and O–H groups in total. The molecule has 2 aromatic heterocycles. The fourth-order valence-corrected chi connectivity index (χ4v) is 3.08. The monoisotopic (exact) mass is 355 g/mol. The van der Waals surface area contributed by atoms with Crippen LogP contribution in [0.15, 0.2) is 30.7 Å². The highest BCUT2D eigenvalue weighted by Gasteiger charge is 2.28. The molecule has 0 amide bonds. The Bertz CT molecular complexity index is 713. The Morgan fingerprint density at radius 1 is 0.923 bits per heavy atom. The third-order valence-electron chi connectivity index (χ3n) is 5.56. The zero-order valence-corrected chi connectivity index (χ0v) is 18.2. The second-order valence-corrected chi connectivity index (χ2v) is 10.3. The molecule has 0 saturated heterocycles. The second-order valence-electron chi connectivity index (χ2n) is 10.3. The molecule has 0 fully saturated rings. The summed E-state index contributed by atoms with van der Waals surface area (Å²) in [5.41, 5.74) is 3.95. The lowest BCUT2D eigenvalue weighted by Crippen LogP contribution is -2.30. The number of rotatable bonds is 6. The fraction of sp³-hybridized carbons (Fsp3) is 0.652. The summed E-state index contributed by atoms with van der Waals surface area (Å²) < 4.78 is 2.14. The Balaban J connectivity index is 2.10. The molecule has 0 saturated carbocycles. The lowest BCUT2D eigenvalue weighted by Gasteiger charge is -2.32. The highest BCUT2D eigenvalue weighted by Crippen LogP contribution is 2.34. The first-order valence-corrected chi connectivity index (χ1v) is 9.85. The van der Waals surface area contributed by atoms with Gasteiger partial charge in [0, 0.05) is 23.5 Å². The average Bonchev–Trinajstić information content (AvgIpc) is 3.04. The van der Waals surface area contributed by atoms with Crippen molar-refractivity contribution in [2.45, 2.75) is 97.4 Å². The third-order valence-corrected chi connectivity index (χ3v) is 5.56. The molecular weight excluding hydrogens is 318 g/mol. The van der Waals surface area contributed by atoms with Crippen molar-refractivity contribution in [3.8, 4) is 0 Å². The van der Waals surface area contributed by atoms with Gasteiger partial charge in [-0.25, -0.2) is 0 Å². The van der Waals surface area contributed by atoms with E-state index in [-0.39, 0.29) is 16.4 Å². The predicted molar refractivity (Wildman–Crippen MR) is 111 cm³/mol. The summed E-state index contributed by atoms with van der Waals surface area (Å²) in [7, 11) is 0. The molecule has 3 heteroatoms. The van der Waals surface area contributed by atoms with Crippen LogP contribution in [0, 0.1) is 0 Å². The first kappa shape index (κ1) is 20.7. The predicted octanol–water partition coefficient (Wildman–Crippen LogP) is 6.19. The molecule has 3 nitrogen and oxygen atoms in total. The van der Waals surface area contributed by atoms with Crippen molar-refractivity contribution in [1.82, 2.24) is 14.8 Å². The molecule has 2 rings (SSSR count). The van der Waals surface area contributed by atoms with Gasteiger partial charge in [0.1, 0.15) is 0 Å². The van der Waals surface area contributed by atoms with Crippen LogP contribution in [-0.2, 0) is 16.4 Å². The van der Waals surface area contributed by atoms with E-state index >= 15 is 0 Å². The van der Waals surface area contributed by atoms with Gasteiger partial charge in [-0.1, -0.05) is 54.5 Å². The molecular formula is C23H37N3. The van der Waals surface area contributed by atoms with Crippen LogP contribution in [0.5, 0.6) is 0 Å². The Labute approximate surface area is 160 Å². The van der Waals surface area contributed by atoms with Gasteiger partial charge in [0.25, 0.3) is 0 Å². The molecule has 0 aliphatic carbocycles. The van der Waals surface area contributed by atoms with Gasteiger partial charge in [0.15, 0.2) is 0 Å². The summed E-state index contributed by atoms with van der Waals surface area (Å²) in [5.74, 6) is 0.517. The van der Waals surface area contributed by atoms with Crippen molar-refractivity contribution >= 4 is 0 Å². The SMILES string of the molecule is CC(C)c1cnn(C(C)(C)CCC(C)(C)c2ccc(C(C)(C)C)nc2)c1. The van der Waals surface area contributed by atoms with Crippen LogP contribution in [0.2, 0.25) is 0 Å². The highest BCUT2D eigenvalue weighted by atomic mass is 15.3. The molecule has 0 aromatic carbocycles. The van der Waals surface area contributed by atoms with Crippen molar-refractivity contribution in [2.75, 3.05) is 0 Å². The van der Waals surface area contributed by atoms with Crippen molar-refractivity contribution < 1.29 is 0 Å². The van der Waals surface area contributed by atoms with Crippen LogP contribution >= 0.6 is 0 Å². The van der Waals surface area contributed by atoms with Gasteiger partial charge >= 0.3 is 0 Å². The van der Waals surface area contributed by atoms with E-state index in [1.807, 2.05) is 6.20 Å². The normalized spacial score (nSPS) is 13.5. The maximum absolute atomic E-state index is 4.72. The van der Waals surface area contributed by atoms with E-state index in [4.69, 9.17) is 4.98 Å². The summed E-state index contributed by atoms with van der Waals surface area (Å²) >= 11 is 0. The Morgan fingerprint density at radius 3 is 2.04 bits per heavy atom. The standard InChI is InChI=1S/C23H37N3/c1-17(2)18-14-25-26(16-18)23(8,9)13-12-22(6,7)19-10-11-20(24-15-19)21(3,4)5/h10-11,14-17H,12-13H2,1-9H3. The Morgan fingerprint density at radius 2 is 1.58 bits per heavy atom. The maximum atomic E-state index is 4.72. The summed E-state index contributed by atoms with van der Waals surface area (Å²) in [5, 5.41) is 4.63. The first-order valence-electron chi connectivity index (χ1n) is 9.85. The van der Waals surface area contributed by atoms with Crippen LogP contribution in [0.4, 0.5) is 0 Å². The smallest absolute Gasteiger partial charge is 0.0572 e. The summed E-state index contributed by atoms with van der Waals surface area (Å²) in [6.07, 6.45) is 8.44. The van der Waals surface area contributed by atoms with Crippen LogP contribution in [-0.4, -0.2) is 14.8 Å². The van der Waals surface area contributed by atoms with Gasteiger partial charge in [-0.05, 0) is 55.2 Å². The molecule has 2 aromatic rings. The van der Waals surface area contributed by atoms with E-state index in [1.165, 1.54) is 11.1 Å². The van der Waals surface area contributed by atoms with Crippen LogP contribution in [0.3, 0.4) is 0 Å². The van der Waals surface area contributed by atoms with E-state index in [0.717, 1.165) is 18.5 Å². The maximum Gasteiger partial charge on any atom is 0.0572 e. The van der Waals surface area contributed by atoms with Crippen LogP contribution in [0.1, 0.15) is 97.9 Å². The molecule has 144 valence electrons. The topological polar surface area (TPSA) is 30.7 Å². The van der Waals surface area contributed by atoms with Crippen LogP contribution in [0.25, 0.3) is 0 Å². The van der Waals surface area contributed by atoms with E-state index in [0.29, 0.717) is 5.92 Å². The van der Waals surface area contributed by atoms with Gasteiger partial charge in [0.2, 0.25) is 0 Å². The second kappa shape index (κ2) is 7.17. The minimum Gasteiger partial charge on any atom is -0.267 e. The largest absolute Gasteiger partial charge is 0.267 e. The molecule has 0 aliphatic heterocycles. The third kappa shape index (κ3) is 4.75. The molecule has 2 heterocycles. The Kier molecular flexibility index (Phi) is 5.70. The molecule has 0 unspecified atom stereocenters. The van der Waals surface area contributed by atoms with E-state index < -0.39 is 0 Å². The minimum absolute atomic E-state index is 0.00316. The molecule has 0 bridgehead atoms. The number of aromatic nitrogens is 3. The minimum atomic E-state index is 0.00316. The fourth-order valence-electron chi connectivity index (χ4n) is 3.08. The van der Waals surface area contributed by atoms with E-state index in [2.05, 4.69) is 96.6 Å². The van der Waals surface area contributed by atoms with Gasteiger partial charge in [-0.3, -0.25) is 9.67 Å². The van der Waals surface area contributed by atoms with Gasteiger partial charge in [0.05, 0.1) is 11.7 Å². The molecule has 0 atom stereocenters. The van der Waals surface area contributed by atoms with Crippen molar-refractivity contribution in [2.24, 2.45) is 0 Å². The van der Waals surface area contributed by atoms with Gasteiger partial charge < -0.3 is 0 Å². The number of hydrogen-bond acceptors (Lipinski definition) is 2. The highest BCUT2D eigenvalue weighted by molar-refractivity contribution is 5.25. The van der Waals surface area contributed by atoms with Gasteiger partial charge in [-0.2, -0.15) is 5.10 Å². The summed E-state index contributed by atoms with van der Waals surface area (Å²) in [6, 6.07) is 4.44. The van der Waals surface area contributed by atoms with Crippen molar-refractivity contribution in [3.63, 3.8) is 0 Å². The first-order chi connectivity index (χ1) is 11.8. The van der Waals surface area contributed by atoms with Crippen molar-refractivity contribution in [1.29, 1.82) is 0 Å². The van der Waals surface area contributed by atoms with Crippen LogP contribution < -0.4 is 0 Å².